The predicted molar refractivity (Wildman–Crippen MR) is 79.4 cm³/mol. The van der Waals surface area contributed by atoms with Crippen molar-refractivity contribution < 1.29 is 9.13 Å². The van der Waals surface area contributed by atoms with Crippen LogP contribution in [0.5, 0.6) is 5.75 Å². The molecule has 20 heavy (non-hydrogen) atoms. The summed E-state index contributed by atoms with van der Waals surface area (Å²) in [6.07, 6.45) is 0.851. The number of hydrogen-bond acceptors (Lipinski definition) is 2. The Morgan fingerprint density at radius 3 is 2.90 bits per heavy atom. The Balaban J connectivity index is 1.86. The van der Waals surface area contributed by atoms with E-state index in [2.05, 4.69) is 5.32 Å². The molecule has 0 aliphatic carbocycles. The average molecular weight is 312 g/mol. The van der Waals surface area contributed by atoms with Crippen LogP contribution in [0.25, 0.3) is 0 Å². The van der Waals surface area contributed by atoms with Crippen LogP contribution >= 0.6 is 23.2 Å². The fraction of sp³-hybridized carbons (Fsp3) is 0.200. The maximum atomic E-state index is 13.7. The topological polar surface area (TPSA) is 21.3 Å². The lowest BCUT2D eigenvalue weighted by Crippen LogP contribution is -2.04. The Kier molecular flexibility index (Phi) is 3.72. The Hall–Kier alpha value is -1.45. The van der Waals surface area contributed by atoms with Gasteiger partial charge < -0.3 is 10.1 Å². The van der Waals surface area contributed by atoms with Crippen LogP contribution in [0.2, 0.25) is 10.0 Å². The van der Waals surface area contributed by atoms with Crippen LogP contribution in [0, 0.1) is 5.82 Å². The van der Waals surface area contributed by atoms with Crippen LogP contribution in [0.3, 0.4) is 0 Å². The first kappa shape index (κ1) is 13.5. The number of rotatable bonds is 3. The van der Waals surface area contributed by atoms with Gasteiger partial charge in [0, 0.05) is 23.6 Å². The van der Waals surface area contributed by atoms with Crippen LogP contribution < -0.4 is 10.1 Å². The summed E-state index contributed by atoms with van der Waals surface area (Å²) in [5.41, 5.74) is 2.29. The molecular weight excluding hydrogens is 300 g/mol. The highest BCUT2D eigenvalue weighted by molar-refractivity contribution is 6.33. The van der Waals surface area contributed by atoms with Crippen molar-refractivity contribution in [1.29, 1.82) is 0 Å². The zero-order chi connectivity index (χ0) is 14.1. The molecule has 0 radical (unpaired) electrons. The minimum absolute atomic E-state index is 0.292. The second-order valence-corrected chi connectivity index (χ2v) is 5.45. The van der Waals surface area contributed by atoms with E-state index in [0.29, 0.717) is 28.9 Å². The van der Waals surface area contributed by atoms with Crippen molar-refractivity contribution in [2.75, 3.05) is 11.9 Å². The quantitative estimate of drug-likeness (QED) is 0.888. The molecule has 0 atom stereocenters. The largest absolute Gasteiger partial charge is 0.493 e. The molecule has 0 bridgehead atoms. The number of benzene rings is 2. The predicted octanol–water partition coefficient (Wildman–Crippen LogP) is 4.68. The van der Waals surface area contributed by atoms with Gasteiger partial charge in [-0.3, -0.25) is 0 Å². The Bertz CT molecular complexity index is 640. The monoisotopic (exact) mass is 311 g/mol. The van der Waals surface area contributed by atoms with E-state index in [1.54, 1.807) is 12.1 Å². The number of nitrogens with one attached hydrogen (secondary N) is 1. The maximum absolute atomic E-state index is 13.7. The summed E-state index contributed by atoms with van der Waals surface area (Å²) in [5.74, 6) is 0.464. The molecule has 0 unspecified atom stereocenters. The van der Waals surface area contributed by atoms with Crippen molar-refractivity contribution in [2.24, 2.45) is 0 Å². The van der Waals surface area contributed by atoms with E-state index in [1.807, 2.05) is 12.1 Å². The summed E-state index contributed by atoms with van der Waals surface area (Å²) >= 11 is 12.1. The number of halogens is 3. The number of ether oxygens (including phenoxy) is 1. The molecule has 0 fully saturated rings. The SMILES string of the molecule is Fc1cccc(Cl)c1NCc1cc(Cl)cc2c1OCC2. The molecule has 2 aromatic rings. The molecule has 5 heteroatoms. The number of hydrogen-bond donors (Lipinski definition) is 1. The Morgan fingerprint density at radius 2 is 2.10 bits per heavy atom. The molecule has 1 heterocycles. The molecule has 2 aromatic carbocycles. The number of para-hydroxylation sites is 1. The summed E-state index contributed by atoms with van der Waals surface area (Å²) in [6, 6.07) is 8.32. The molecule has 104 valence electrons. The van der Waals surface area contributed by atoms with Crippen molar-refractivity contribution in [1.82, 2.24) is 0 Å². The number of anilines is 1. The summed E-state index contributed by atoms with van der Waals surface area (Å²) < 4.78 is 19.3. The number of fused-ring (bicyclic) bond motifs is 1. The molecule has 0 spiro atoms. The summed E-state index contributed by atoms with van der Waals surface area (Å²) in [6.45, 7) is 1.06. The lowest BCUT2D eigenvalue weighted by Gasteiger charge is -2.12. The van der Waals surface area contributed by atoms with Crippen molar-refractivity contribution in [3.8, 4) is 5.75 Å². The molecule has 0 aromatic heterocycles. The van der Waals surface area contributed by atoms with E-state index < -0.39 is 0 Å². The van der Waals surface area contributed by atoms with Gasteiger partial charge in [-0.25, -0.2) is 4.39 Å². The van der Waals surface area contributed by atoms with Gasteiger partial charge in [-0.15, -0.1) is 0 Å². The van der Waals surface area contributed by atoms with Crippen LogP contribution in [0.4, 0.5) is 10.1 Å². The fourth-order valence-corrected chi connectivity index (χ4v) is 2.82. The van der Waals surface area contributed by atoms with Gasteiger partial charge in [-0.1, -0.05) is 29.3 Å². The van der Waals surface area contributed by atoms with Crippen LogP contribution in [0.15, 0.2) is 30.3 Å². The minimum Gasteiger partial charge on any atom is -0.493 e. The van der Waals surface area contributed by atoms with Crippen molar-refractivity contribution in [3.63, 3.8) is 0 Å². The smallest absolute Gasteiger partial charge is 0.147 e. The molecular formula is C15H12Cl2FNO. The average Bonchev–Trinajstić information content (AvgIpc) is 2.86. The first-order chi connectivity index (χ1) is 9.65. The maximum Gasteiger partial charge on any atom is 0.147 e. The van der Waals surface area contributed by atoms with Gasteiger partial charge in [0.15, 0.2) is 0 Å². The molecule has 1 N–H and O–H groups in total. The van der Waals surface area contributed by atoms with E-state index in [0.717, 1.165) is 23.3 Å². The van der Waals surface area contributed by atoms with Crippen molar-refractivity contribution >= 4 is 28.9 Å². The molecule has 3 rings (SSSR count). The Labute approximate surface area is 126 Å². The highest BCUT2D eigenvalue weighted by atomic mass is 35.5. The third-order valence-corrected chi connectivity index (χ3v) is 3.78. The lowest BCUT2D eigenvalue weighted by molar-refractivity contribution is 0.354. The van der Waals surface area contributed by atoms with Crippen LogP contribution in [0.1, 0.15) is 11.1 Å². The minimum atomic E-state index is -0.378. The van der Waals surface area contributed by atoms with Gasteiger partial charge in [0.05, 0.1) is 17.3 Å². The van der Waals surface area contributed by atoms with E-state index in [-0.39, 0.29) is 5.82 Å². The first-order valence-corrected chi connectivity index (χ1v) is 7.03. The molecule has 2 nitrogen and oxygen atoms in total. The summed E-state index contributed by atoms with van der Waals surface area (Å²) in [5, 5.41) is 4.02. The van der Waals surface area contributed by atoms with E-state index in [4.69, 9.17) is 27.9 Å². The van der Waals surface area contributed by atoms with Crippen LogP contribution in [-0.4, -0.2) is 6.61 Å². The van der Waals surface area contributed by atoms with Crippen molar-refractivity contribution in [3.05, 3.63) is 57.3 Å². The van der Waals surface area contributed by atoms with Gasteiger partial charge in [0.25, 0.3) is 0 Å². The fourth-order valence-electron chi connectivity index (χ4n) is 2.33. The highest BCUT2D eigenvalue weighted by Gasteiger charge is 2.18. The summed E-state index contributed by atoms with van der Waals surface area (Å²) in [7, 11) is 0. The highest BCUT2D eigenvalue weighted by Crippen LogP contribution is 2.34. The molecule has 1 aliphatic heterocycles. The zero-order valence-electron chi connectivity index (χ0n) is 10.6. The Morgan fingerprint density at radius 1 is 1.25 bits per heavy atom. The summed E-state index contributed by atoms with van der Waals surface area (Å²) in [4.78, 5) is 0. The third-order valence-electron chi connectivity index (χ3n) is 3.24. The van der Waals surface area contributed by atoms with E-state index in [9.17, 15) is 4.39 Å². The zero-order valence-corrected chi connectivity index (χ0v) is 12.1. The molecule has 0 saturated carbocycles. The molecule has 1 aliphatic rings. The lowest BCUT2D eigenvalue weighted by atomic mass is 10.1. The van der Waals surface area contributed by atoms with Crippen LogP contribution in [-0.2, 0) is 13.0 Å². The van der Waals surface area contributed by atoms with Gasteiger partial charge in [-0.05, 0) is 29.8 Å². The second kappa shape index (κ2) is 5.51. The van der Waals surface area contributed by atoms with Gasteiger partial charge in [-0.2, -0.15) is 0 Å². The molecule has 0 saturated heterocycles. The normalized spacial score (nSPS) is 12.9. The van der Waals surface area contributed by atoms with Gasteiger partial charge in [0.2, 0.25) is 0 Å². The third kappa shape index (κ3) is 2.56. The molecule has 0 amide bonds. The standard InChI is InChI=1S/C15H12Cl2FNO/c16-11-6-9-4-5-20-15(9)10(7-11)8-19-14-12(17)2-1-3-13(14)18/h1-3,6-7,19H,4-5,8H2. The van der Waals surface area contributed by atoms with Gasteiger partial charge >= 0.3 is 0 Å². The van der Waals surface area contributed by atoms with Gasteiger partial charge in [0.1, 0.15) is 11.6 Å². The van der Waals surface area contributed by atoms with Crippen molar-refractivity contribution in [2.45, 2.75) is 13.0 Å². The van der Waals surface area contributed by atoms with E-state index >= 15 is 0 Å². The first-order valence-electron chi connectivity index (χ1n) is 6.27. The second-order valence-electron chi connectivity index (χ2n) is 4.60. The van der Waals surface area contributed by atoms with E-state index in [1.165, 1.54) is 6.07 Å².